The van der Waals surface area contributed by atoms with Crippen LogP contribution in [0.15, 0.2) is 0 Å². The summed E-state index contributed by atoms with van der Waals surface area (Å²) in [6.07, 6.45) is 3.85. The summed E-state index contributed by atoms with van der Waals surface area (Å²) in [7, 11) is 0. The van der Waals surface area contributed by atoms with Crippen LogP contribution < -0.4 is 5.32 Å². The molecule has 0 amide bonds. The smallest absolute Gasteiger partial charge is 0.0828 e. The number of hydrogen-bond acceptors (Lipinski definition) is 2. The van der Waals surface area contributed by atoms with Crippen molar-refractivity contribution in [3.63, 3.8) is 0 Å². The van der Waals surface area contributed by atoms with E-state index in [1.807, 2.05) is 0 Å². The lowest BCUT2D eigenvalue weighted by Crippen LogP contribution is -2.54. The fourth-order valence-corrected chi connectivity index (χ4v) is 1.67. The van der Waals surface area contributed by atoms with Gasteiger partial charge in [-0.25, -0.2) is 0 Å². The Kier molecular flexibility index (Phi) is 1.24. The Morgan fingerprint density at radius 3 is 2.56 bits per heavy atom. The molecule has 2 fully saturated rings. The number of ether oxygens (including phenoxy) is 1. The molecule has 9 heavy (non-hydrogen) atoms. The Morgan fingerprint density at radius 1 is 1.33 bits per heavy atom. The van der Waals surface area contributed by atoms with Gasteiger partial charge in [0.25, 0.3) is 0 Å². The quantitative estimate of drug-likeness (QED) is 0.512. The first kappa shape index (κ1) is 5.69. The summed E-state index contributed by atoms with van der Waals surface area (Å²) in [5.41, 5.74) is 0.290. The van der Waals surface area contributed by atoms with Gasteiger partial charge in [-0.3, -0.25) is 0 Å². The summed E-state index contributed by atoms with van der Waals surface area (Å²) in [5.74, 6) is 0. The van der Waals surface area contributed by atoms with Gasteiger partial charge in [0.1, 0.15) is 0 Å². The molecule has 1 spiro atoms. The SMILES string of the molecule is C1CNCC2(C1)CCO2. The summed E-state index contributed by atoms with van der Waals surface area (Å²) in [4.78, 5) is 0. The van der Waals surface area contributed by atoms with E-state index in [9.17, 15) is 0 Å². The molecule has 1 N–H and O–H groups in total. The highest BCUT2D eigenvalue weighted by atomic mass is 16.5. The van der Waals surface area contributed by atoms with E-state index in [0.717, 1.165) is 13.2 Å². The van der Waals surface area contributed by atoms with Crippen molar-refractivity contribution in [2.75, 3.05) is 19.7 Å². The van der Waals surface area contributed by atoms with Gasteiger partial charge in [-0.1, -0.05) is 0 Å². The Labute approximate surface area is 55.6 Å². The van der Waals surface area contributed by atoms with Crippen LogP contribution in [0.2, 0.25) is 0 Å². The van der Waals surface area contributed by atoms with Gasteiger partial charge in [0, 0.05) is 13.0 Å². The third-order valence-electron chi connectivity index (χ3n) is 2.40. The van der Waals surface area contributed by atoms with Gasteiger partial charge in [0.05, 0.1) is 12.2 Å². The maximum absolute atomic E-state index is 5.50. The molecule has 0 aromatic rings. The second kappa shape index (κ2) is 1.96. The standard InChI is InChI=1S/C7H13NO/c1-2-7(3-5-9-7)6-8-4-1/h8H,1-6H2. The minimum absolute atomic E-state index is 0.290. The summed E-state index contributed by atoms with van der Waals surface area (Å²) in [6, 6.07) is 0. The topological polar surface area (TPSA) is 21.3 Å². The highest BCUT2D eigenvalue weighted by molar-refractivity contribution is 4.92. The Balaban J connectivity index is 1.93. The Morgan fingerprint density at radius 2 is 2.22 bits per heavy atom. The molecule has 2 heteroatoms. The molecule has 52 valence electrons. The van der Waals surface area contributed by atoms with Crippen LogP contribution in [0.1, 0.15) is 19.3 Å². The van der Waals surface area contributed by atoms with E-state index in [1.165, 1.54) is 25.8 Å². The molecule has 2 aliphatic rings. The monoisotopic (exact) mass is 127 g/mol. The first-order valence-corrected chi connectivity index (χ1v) is 3.76. The van der Waals surface area contributed by atoms with E-state index in [1.54, 1.807) is 0 Å². The highest BCUT2D eigenvalue weighted by Crippen LogP contribution is 2.32. The molecule has 1 atom stereocenters. The summed E-state index contributed by atoms with van der Waals surface area (Å²) in [5, 5.41) is 3.35. The third kappa shape index (κ3) is 0.864. The molecular weight excluding hydrogens is 114 g/mol. The lowest BCUT2D eigenvalue weighted by molar-refractivity contribution is -0.155. The van der Waals surface area contributed by atoms with E-state index >= 15 is 0 Å². The van der Waals surface area contributed by atoms with Crippen molar-refractivity contribution in [1.29, 1.82) is 0 Å². The van der Waals surface area contributed by atoms with E-state index < -0.39 is 0 Å². The largest absolute Gasteiger partial charge is 0.373 e. The molecule has 2 aliphatic heterocycles. The van der Waals surface area contributed by atoms with Crippen LogP contribution in [0.5, 0.6) is 0 Å². The van der Waals surface area contributed by atoms with E-state index in [2.05, 4.69) is 5.32 Å². The van der Waals surface area contributed by atoms with Crippen molar-refractivity contribution >= 4 is 0 Å². The number of rotatable bonds is 0. The molecular formula is C7H13NO. The normalized spacial score (nSPS) is 42.7. The first-order chi connectivity index (χ1) is 4.41. The number of nitrogens with one attached hydrogen (secondary N) is 1. The van der Waals surface area contributed by atoms with Crippen LogP contribution in [0.4, 0.5) is 0 Å². The lowest BCUT2D eigenvalue weighted by atomic mass is 9.87. The van der Waals surface area contributed by atoms with Gasteiger partial charge >= 0.3 is 0 Å². The van der Waals surface area contributed by atoms with Crippen molar-refractivity contribution in [2.45, 2.75) is 24.9 Å². The summed E-state index contributed by atoms with van der Waals surface area (Å²) < 4.78 is 5.50. The Hall–Kier alpha value is -0.0800. The average molecular weight is 127 g/mol. The zero-order valence-corrected chi connectivity index (χ0v) is 5.65. The second-order valence-corrected chi connectivity index (χ2v) is 3.06. The van der Waals surface area contributed by atoms with Gasteiger partial charge in [0.2, 0.25) is 0 Å². The van der Waals surface area contributed by atoms with Crippen LogP contribution in [-0.2, 0) is 4.74 Å². The third-order valence-corrected chi connectivity index (χ3v) is 2.40. The van der Waals surface area contributed by atoms with Crippen LogP contribution in [0.25, 0.3) is 0 Å². The molecule has 0 bridgehead atoms. The first-order valence-electron chi connectivity index (χ1n) is 3.76. The van der Waals surface area contributed by atoms with Crippen LogP contribution >= 0.6 is 0 Å². The minimum atomic E-state index is 0.290. The molecule has 0 radical (unpaired) electrons. The van der Waals surface area contributed by atoms with Crippen LogP contribution in [0, 0.1) is 0 Å². The van der Waals surface area contributed by atoms with Crippen molar-refractivity contribution < 1.29 is 4.74 Å². The predicted octanol–water partition coefficient (Wildman–Crippen LogP) is 0.529. The zero-order chi connectivity index (χ0) is 6.16. The van der Waals surface area contributed by atoms with Gasteiger partial charge in [0.15, 0.2) is 0 Å². The maximum atomic E-state index is 5.50. The molecule has 0 aromatic carbocycles. The minimum Gasteiger partial charge on any atom is -0.373 e. The average Bonchev–Trinajstić information content (AvgIpc) is 1.87. The molecule has 0 saturated carbocycles. The molecule has 2 heterocycles. The fourth-order valence-electron chi connectivity index (χ4n) is 1.67. The summed E-state index contributed by atoms with van der Waals surface area (Å²) >= 11 is 0. The van der Waals surface area contributed by atoms with Gasteiger partial charge < -0.3 is 10.1 Å². The second-order valence-electron chi connectivity index (χ2n) is 3.06. The fraction of sp³-hybridized carbons (Fsp3) is 1.00. The van der Waals surface area contributed by atoms with E-state index in [0.29, 0.717) is 0 Å². The van der Waals surface area contributed by atoms with E-state index in [-0.39, 0.29) is 5.60 Å². The van der Waals surface area contributed by atoms with Gasteiger partial charge in [-0.2, -0.15) is 0 Å². The molecule has 2 saturated heterocycles. The van der Waals surface area contributed by atoms with Gasteiger partial charge in [-0.05, 0) is 19.4 Å². The molecule has 2 nitrogen and oxygen atoms in total. The number of hydrogen-bond donors (Lipinski definition) is 1. The molecule has 0 aromatic heterocycles. The van der Waals surface area contributed by atoms with Gasteiger partial charge in [-0.15, -0.1) is 0 Å². The van der Waals surface area contributed by atoms with E-state index in [4.69, 9.17) is 4.74 Å². The maximum Gasteiger partial charge on any atom is 0.0828 e. The van der Waals surface area contributed by atoms with Crippen molar-refractivity contribution in [3.05, 3.63) is 0 Å². The highest BCUT2D eigenvalue weighted by Gasteiger charge is 2.38. The van der Waals surface area contributed by atoms with Crippen LogP contribution in [-0.4, -0.2) is 25.3 Å². The predicted molar refractivity (Wildman–Crippen MR) is 35.4 cm³/mol. The zero-order valence-electron chi connectivity index (χ0n) is 5.65. The summed E-state index contributed by atoms with van der Waals surface area (Å²) in [6.45, 7) is 3.26. The molecule has 2 rings (SSSR count). The van der Waals surface area contributed by atoms with Crippen molar-refractivity contribution in [2.24, 2.45) is 0 Å². The number of piperidine rings is 1. The van der Waals surface area contributed by atoms with Crippen molar-refractivity contribution in [3.8, 4) is 0 Å². The Bertz CT molecular complexity index is 101. The molecule has 1 unspecified atom stereocenters. The lowest BCUT2D eigenvalue weighted by Gasteiger charge is -2.44. The molecule has 0 aliphatic carbocycles. The van der Waals surface area contributed by atoms with Crippen molar-refractivity contribution in [1.82, 2.24) is 5.32 Å². The van der Waals surface area contributed by atoms with Crippen LogP contribution in [0.3, 0.4) is 0 Å².